The van der Waals surface area contributed by atoms with Crippen molar-refractivity contribution in [1.29, 1.82) is 0 Å². The molecule has 1 atom stereocenters. The molecular formula is C23H21NO. The lowest BCUT2D eigenvalue weighted by Crippen LogP contribution is -2.38. The first kappa shape index (κ1) is 15.5. The molecule has 1 heterocycles. The lowest BCUT2D eigenvalue weighted by atomic mass is 9.87. The topological polar surface area (TPSA) is 23.5 Å². The quantitative estimate of drug-likeness (QED) is 0.654. The minimum atomic E-state index is 0.296. The molecule has 0 saturated carbocycles. The molecule has 0 bridgehead atoms. The third-order valence-corrected chi connectivity index (χ3v) is 4.92. The van der Waals surface area contributed by atoms with Crippen LogP contribution >= 0.6 is 0 Å². The van der Waals surface area contributed by atoms with E-state index in [-0.39, 0.29) is 0 Å². The molecule has 1 N–H and O–H groups in total. The van der Waals surface area contributed by atoms with E-state index in [4.69, 9.17) is 0 Å². The lowest BCUT2D eigenvalue weighted by Gasteiger charge is -2.45. The van der Waals surface area contributed by atoms with Crippen LogP contribution < -0.4 is 4.90 Å². The van der Waals surface area contributed by atoms with E-state index >= 15 is 0 Å². The Bertz CT molecular complexity index is 930. The molecule has 2 heteroatoms. The number of aryl methyl sites for hydroxylation is 1. The second-order valence-corrected chi connectivity index (χ2v) is 6.61. The molecule has 0 spiro atoms. The summed E-state index contributed by atoms with van der Waals surface area (Å²) in [5.41, 5.74) is 7.11. The van der Waals surface area contributed by atoms with Crippen molar-refractivity contribution in [3.8, 4) is 16.9 Å². The van der Waals surface area contributed by atoms with Gasteiger partial charge in [0, 0.05) is 17.8 Å². The van der Waals surface area contributed by atoms with Crippen LogP contribution in [0.15, 0.2) is 85.1 Å². The Morgan fingerprint density at radius 1 is 0.920 bits per heavy atom. The normalized spacial score (nSPS) is 16.6. The van der Waals surface area contributed by atoms with Gasteiger partial charge in [-0.05, 0) is 53.4 Å². The molecule has 0 amide bonds. The average molecular weight is 327 g/mol. The Hall–Kier alpha value is -3.00. The number of phenolic OH excluding ortho intramolecular Hbond substituents is 1. The van der Waals surface area contributed by atoms with Crippen LogP contribution in [0.4, 0.5) is 5.69 Å². The zero-order valence-electron chi connectivity index (χ0n) is 14.3. The summed E-state index contributed by atoms with van der Waals surface area (Å²) in [6, 6.07) is 24.7. The molecule has 3 aromatic carbocycles. The zero-order chi connectivity index (χ0) is 17.4. The van der Waals surface area contributed by atoms with Crippen LogP contribution in [0, 0.1) is 6.92 Å². The van der Waals surface area contributed by atoms with E-state index in [0.29, 0.717) is 11.8 Å². The van der Waals surface area contributed by atoms with E-state index < -0.39 is 0 Å². The van der Waals surface area contributed by atoms with Gasteiger partial charge in [0.05, 0.1) is 6.04 Å². The predicted octanol–water partition coefficient (Wildman–Crippen LogP) is 5.83. The number of aromatic hydroxyl groups is 1. The molecule has 4 rings (SSSR count). The standard InChI is InChI=1S/C23H21NO/c1-16-13-19(18-7-6-10-21(25)15-18)11-12-22(16)23-14-17(2)24(23)20-8-4-3-5-9-20/h3-13,15,23,25H,2,14H2,1H3. The van der Waals surface area contributed by atoms with Crippen molar-refractivity contribution in [1.82, 2.24) is 0 Å². The second-order valence-electron chi connectivity index (χ2n) is 6.61. The Labute approximate surface area is 148 Å². The second kappa shape index (κ2) is 6.14. The fraction of sp³-hybridized carbons (Fsp3) is 0.130. The van der Waals surface area contributed by atoms with E-state index in [1.165, 1.54) is 16.8 Å². The van der Waals surface area contributed by atoms with Gasteiger partial charge >= 0.3 is 0 Å². The lowest BCUT2D eigenvalue weighted by molar-refractivity contribution is 0.475. The highest BCUT2D eigenvalue weighted by Gasteiger charge is 2.34. The maximum atomic E-state index is 9.71. The number of rotatable bonds is 3. The van der Waals surface area contributed by atoms with Crippen molar-refractivity contribution in [2.24, 2.45) is 0 Å². The SMILES string of the molecule is C=C1CC(c2ccc(-c3cccc(O)c3)cc2C)N1c1ccccc1. The molecule has 0 radical (unpaired) electrons. The van der Waals surface area contributed by atoms with Crippen molar-refractivity contribution in [3.05, 3.63) is 96.2 Å². The number of nitrogens with zero attached hydrogens (tertiary/aromatic N) is 1. The molecule has 3 aromatic rings. The van der Waals surface area contributed by atoms with E-state index in [2.05, 4.69) is 60.9 Å². The monoisotopic (exact) mass is 327 g/mol. The summed E-state index contributed by atoms with van der Waals surface area (Å²) in [4.78, 5) is 2.32. The van der Waals surface area contributed by atoms with Crippen molar-refractivity contribution in [2.75, 3.05) is 4.90 Å². The Morgan fingerprint density at radius 3 is 2.36 bits per heavy atom. The maximum absolute atomic E-state index is 9.71. The van der Waals surface area contributed by atoms with Crippen molar-refractivity contribution < 1.29 is 5.11 Å². The van der Waals surface area contributed by atoms with Gasteiger partial charge in [-0.3, -0.25) is 0 Å². The number of hydrogen-bond donors (Lipinski definition) is 1. The van der Waals surface area contributed by atoms with Crippen LogP contribution in [0.25, 0.3) is 11.1 Å². The largest absolute Gasteiger partial charge is 0.508 e. The summed E-state index contributed by atoms with van der Waals surface area (Å²) < 4.78 is 0. The number of para-hydroxylation sites is 1. The maximum Gasteiger partial charge on any atom is 0.116 e. The van der Waals surface area contributed by atoms with Gasteiger partial charge in [-0.15, -0.1) is 0 Å². The van der Waals surface area contributed by atoms with Gasteiger partial charge in [0.1, 0.15) is 5.75 Å². The molecule has 2 nitrogen and oxygen atoms in total. The molecule has 1 aliphatic rings. The van der Waals surface area contributed by atoms with Crippen molar-refractivity contribution in [2.45, 2.75) is 19.4 Å². The first-order valence-corrected chi connectivity index (χ1v) is 8.55. The predicted molar refractivity (Wildman–Crippen MR) is 104 cm³/mol. The highest BCUT2D eigenvalue weighted by atomic mass is 16.3. The van der Waals surface area contributed by atoms with Crippen LogP contribution in [0.3, 0.4) is 0 Å². The minimum absolute atomic E-state index is 0.296. The number of anilines is 1. The van der Waals surface area contributed by atoms with Crippen molar-refractivity contribution >= 4 is 5.69 Å². The summed E-state index contributed by atoms with van der Waals surface area (Å²) >= 11 is 0. The summed E-state index contributed by atoms with van der Waals surface area (Å²) in [5.74, 6) is 0.296. The smallest absolute Gasteiger partial charge is 0.116 e. The third kappa shape index (κ3) is 2.80. The van der Waals surface area contributed by atoms with Crippen LogP contribution in [-0.4, -0.2) is 5.11 Å². The first-order chi connectivity index (χ1) is 12.1. The molecule has 1 unspecified atom stereocenters. The molecule has 1 fully saturated rings. The first-order valence-electron chi connectivity index (χ1n) is 8.55. The van der Waals surface area contributed by atoms with Gasteiger partial charge in [0.15, 0.2) is 0 Å². The van der Waals surface area contributed by atoms with Gasteiger partial charge in [-0.25, -0.2) is 0 Å². The minimum Gasteiger partial charge on any atom is -0.508 e. The fourth-order valence-corrected chi connectivity index (χ4v) is 3.64. The number of hydrogen-bond acceptors (Lipinski definition) is 2. The molecule has 124 valence electrons. The number of benzene rings is 3. The van der Waals surface area contributed by atoms with Gasteiger partial charge in [0.2, 0.25) is 0 Å². The zero-order valence-corrected chi connectivity index (χ0v) is 14.3. The Kier molecular flexibility index (Phi) is 3.81. The third-order valence-electron chi connectivity index (χ3n) is 4.92. The fourth-order valence-electron chi connectivity index (χ4n) is 3.64. The van der Waals surface area contributed by atoms with Crippen molar-refractivity contribution in [3.63, 3.8) is 0 Å². The van der Waals surface area contributed by atoms with Crippen LogP contribution in [0.5, 0.6) is 5.75 Å². The highest BCUT2D eigenvalue weighted by molar-refractivity contribution is 5.67. The number of phenols is 1. The Morgan fingerprint density at radius 2 is 1.68 bits per heavy atom. The molecule has 1 aliphatic heterocycles. The summed E-state index contributed by atoms with van der Waals surface area (Å²) in [5, 5.41) is 9.71. The van der Waals surface area contributed by atoms with E-state index in [1.54, 1.807) is 12.1 Å². The van der Waals surface area contributed by atoms with Crippen LogP contribution in [0.1, 0.15) is 23.6 Å². The highest BCUT2D eigenvalue weighted by Crippen LogP contribution is 2.45. The summed E-state index contributed by atoms with van der Waals surface area (Å²) in [6.07, 6.45) is 0.987. The van der Waals surface area contributed by atoms with Crippen LogP contribution in [-0.2, 0) is 0 Å². The summed E-state index contributed by atoms with van der Waals surface area (Å²) in [6.45, 7) is 6.36. The van der Waals surface area contributed by atoms with Crippen LogP contribution in [0.2, 0.25) is 0 Å². The molecule has 0 aliphatic carbocycles. The van der Waals surface area contributed by atoms with E-state index in [1.807, 2.05) is 18.2 Å². The molecular weight excluding hydrogens is 306 g/mol. The summed E-state index contributed by atoms with van der Waals surface area (Å²) in [7, 11) is 0. The van der Waals surface area contributed by atoms with Gasteiger partial charge < -0.3 is 10.0 Å². The van der Waals surface area contributed by atoms with E-state index in [0.717, 1.165) is 23.2 Å². The van der Waals surface area contributed by atoms with Gasteiger partial charge in [-0.1, -0.05) is 55.1 Å². The van der Waals surface area contributed by atoms with Gasteiger partial charge in [-0.2, -0.15) is 0 Å². The molecule has 1 saturated heterocycles. The average Bonchev–Trinajstić information content (AvgIpc) is 2.61. The van der Waals surface area contributed by atoms with E-state index in [9.17, 15) is 5.11 Å². The van der Waals surface area contributed by atoms with Gasteiger partial charge in [0.25, 0.3) is 0 Å². The Balaban J connectivity index is 1.66. The molecule has 0 aromatic heterocycles. The molecule has 25 heavy (non-hydrogen) atoms.